The molecule has 1 rings (SSSR count). The summed E-state index contributed by atoms with van der Waals surface area (Å²) in [6, 6.07) is 6.30. The summed E-state index contributed by atoms with van der Waals surface area (Å²) < 4.78 is 11.8. The van der Waals surface area contributed by atoms with E-state index < -0.39 is 0 Å². The summed E-state index contributed by atoms with van der Waals surface area (Å²) in [4.78, 5) is 0. The van der Waals surface area contributed by atoms with Crippen LogP contribution in [0, 0.1) is 12.8 Å². The van der Waals surface area contributed by atoms with Crippen LogP contribution in [0.4, 0.5) is 0 Å². The Labute approximate surface area is 118 Å². The summed E-state index contributed by atoms with van der Waals surface area (Å²) in [5.74, 6) is 1.39. The molecule has 19 heavy (non-hydrogen) atoms. The van der Waals surface area contributed by atoms with Crippen molar-refractivity contribution in [2.75, 3.05) is 6.61 Å². The van der Waals surface area contributed by atoms with E-state index in [-0.39, 0.29) is 12.2 Å². The van der Waals surface area contributed by atoms with E-state index in [9.17, 15) is 0 Å². The molecule has 0 bridgehead atoms. The Hall–Kier alpha value is -1.02. The summed E-state index contributed by atoms with van der Waals surface area (Å²) in [6.45, 7) is 13.6. The Kier molecular flexibility index (Phi) is 6.36. The minimum Gasteiger partial charge on any atom is -0.494 e. The number of hydrogen-bond acceptors (Lipinski definition) is 2. The molecule has 0 amide bonds. The third-order valence-electron chi connectivity index (χ3n) is 3.05. The van der Waals surface area contributed by atoms with Crippen molar-refractivity contribution in [1.82, 2.24) is 0 Å². The molecular formula is C17H28O2. The highest BCUT2D eigenvalue weighted by molar-refractivity contribution is 5.36. The van der Waals surface area contributed by atoms with E-state index in [1.807, 2.05) is 6.07 Å². The first kappa shape index (κ1) is 16.0. The first-order valence-corrected chi connectivity index (χ1v) is 7.34. The van der Waals surface area contributed by atoms with E-state index in [1.165, 1.54) is 11.1 Å². The van der Waals surface area contributed by atoms with E-state index in [1.54, 1.807) is 0 Å². The van der Waals surface area contributed by atoms with Crippen LogP contribution in [0.3, 0.4) is 0 Å². The second kappa shape index (κ2) is 7.54. The zero-order valence-corrected chi connectivity index (χ0v) is 13.2. The lowest BCUT2D eigenvalue weighted by Crippen LogP contribution is -2.17. The second-order valence-electron chi connectivity index (χ2n) is 5.72. The van der Waals surface area contributed by atoms with Crippen LogP contribution >= 0.6 is 0 Å². The first-order valence-electron chi connectivity index (χ1n) is 7.34. The third kappa shape index (κ3) is 4.87. The molecule has 0 heterocycles. The van der Waals surface area contributed by atoms with E-state index in [0.29, 0.717) is 5.92 Å². The highest BCUT2D eigenvalue weighted by atomic mass is 16.5. The van der Waals surface area contributed by atoms with Crippen LogP contribution in [0.2, 0.25) is 0 Å². The molecule has 0 aliphatic carbocycles. The molecule has 1 aromatic rings. The van der Waals surface area contributed by atoms with Crippen LogP contribution in [0.1, 0.15) is 58.3 Å². The van der Waals surface area contributed by atoms with Crippen molar-refractivity contribution in [3.63, 3.8) is 0 Å². The van der Waals surface area contributed by atoms with Gasteiger partial charge < -0.3 is 9.47 Å². The van der Waals surface area contributed by atoms with Crippen molar-refractivity contribution < 1.29 is 9.47 Å². The maximum Gasteiger partial charge on any atom is 0.119 e. The van der Waals surface area contributed by atoms with Gasteiger partial charge in [-0.15, -0.1) is 0 Å². The normalized spacial score (nSPS) is 13.1. The van der Waals surface area contributed by atoms with E-state index >= 15 is 0 Å². The largest absolute Gasteiger partial charge is 0.494 e. The predicted octanol–water partition coefficient (Wildman–Crippen LogP) is 4.91. The van der Waals surface area contributed by atoms with Crippen LogP contribution in [-0.4, -0.2) is 12.7 Å². The average molecular weight is 264 g/mol. The summed E-state index contributed by atoms with van der Waals surface area (Å²) in [5.41, 5.74) is 2.51. The molecule has 1 atom stereocenters. The van der Waals surface area contributed by atoms with Gasteiger partial charge in [0.1, 0.15) is 5.75 Å². The predicted molar refractivity (Wildman–Crippen MR) is 80.8 cm³/mol. The summed E-state index contributed by atoms with van der Waals surface area (Å²) >= 11 is 0. The Morgan fingerprint density at radius 2 is 1.79 bits per heavy atom. The number of hydrogen-bond donors (Lipinski definition) is 0. The van der Waals surface area contributed by atoms with E-state index in [2.05, 4.69) is 53.7 Å². The zero-order chi connectivity index (χ0) is 14.4. The van der Waals surface area contributed by atoms with Gasteiger partial charge >= 0.3 is 0 Å². The lowest BCUT2D eigenvalue weighted by atomic mass is 9.94. The molecule has 0 aliphatic rings. The molecule has 2 nitrogen and oxygen atoms in total. The maximum atomic E-state index is 6.08. The molecule has 0 radical (unpaired) electrons. The van der Waals surface area contributed by atoms with Gasteiger partial charge in [-0.1, -0.05) is 26.8 Å². The molecule has 0 saturated carbocycles. The van der Waals surface area contributed by atoms with Crippen molar-refractivity contribution in [3.8, 4) is 5.75 Å². The summed E-state index contributed by atoms with van der Waals surface area (Å²) in [5, 5.41) is 0. The highest BCUT2D eigenvalue weighted by Crippen LogP contribution is 2.32. The Morgan fingerprint density at radius 1 is 1.11 bits per heavy atom. The first-order chi connectivity index (χ1) is 8.95. The van der Waals surface area contributed by atoms with Gasteiger partial charge in [-0.05, 0) is 56.4 Å². The van der Waals surface area contributed by atoms with Gasteiger partial charge in [-0.2, -0.15) is 0 Å². The van der Waals surface area contributed by atoms with Gasteiger partial charge in [-0.3, -0.25) is 0 Å². The van der Waals surface area contributed by atoms with E-state index in [0.717, 1.165) is 18.8 Å². The molecule has 1 unspecified atom stereocenters. The monoisotopic (exact) mass is 264 g/mol. The Balaban J connectivity index is 2.99. The lowest BCUT2D eigenvalue weighted by molar-refractivity contribution is -0.0204. The number of benzene rings is 1. The Morgan fingerprint density at radius 3 is 2.32 bits per heavy atom. The van der Waals surface area contributed by atoms with Crippen molar-refractivity contribution in [3.05, 3.63) is 29.3 Å². The average Bonchev–Trinajstić information content (AvgIpc) is 2.35. The molecule has 0 spiro atoms. The van der Waals surface area contributed by atoms with Crippen LogP contribution < -0.4 is 4.74 Å². The molecule has 1 aromatic carbocycles. The van der Waals surface area contributed by atoms with Crippen LogP contribution in [0.5, 0.6) is 5.75 Å². The molecule has 0 fully saturated rings. The molecule has 0 aromatic heterocycles. The molecule has 0 aliphatic heterocycles. The standard InChI is InChI=1S/C17H28O2/c1-7-10-18-15-9-8-14(6)16(11-15)17(12(2)3)19-13(4)5/h8-9,11-13,17H,7,10H2,1-6H3. The lowest BCUT2D eigenvalue weighted by Gasteiger charge is -2.26. The van der Waals surface area contributed by atoms with Crippen LogP contribution in [0.15, 0.2) is 18.2 Å². The SMILES string of the molecule is CCCOc1ccc(C)c(C(OC(C)C)C(C)C)c1. The molecule has 0 saturated heterocycles. The fourth-order valence-corrected chi connectivity index (χ4v) is 2.12. The molecular weight excluding hydrogens is 236 g/mol. The highest BCUT2D eigenvalue weighted by Gasteiger charge is 2.20. The quantitative estimate of drug-likeness (QED) is 0.697. The topological polar surface area (TPSA) is 18.5 Å². The van der Waals surface area contributed by atoms with Gasteiger partial charge in [0.15, 0.2) is 0 Å². The number of ether oxygens (including phenoxy) is 2. The summed E-state index contributed by atoms with van der Waals surface area (Å²) in [6.07, 6.45) is 1.39. The number of aryl methyl sites for hydroxylation is 1. The number of rotatable bonds is 7. The smallest absolute Gasteiger partial charge is 0.119 e. The van der Waals surface area contributed by atoms with Gasteiger partial charge in [0.25, 0.3) is 0 Å². The summed E-state index contributed by atoms with van der Waals surface area (Å²) in [7, 11) is 0. The third-order valence-corrected chi connectivity index (χ3v) is 3.05. The maximum absolute atomic E-state index is 6.08. The fourth-order valence-electron chi connectivity index (χ4n) is 2.12. The molecule has 0 N–H and O–H groups in total. The van der Waals surface area contributed by atoms with Gasteiger partial charge in [0.05, 0.1) is 18.8 Å². The second-order valence-corrected chi connectivity index (χ2v) is 5.72. The van der Waals surface area contributed by atoms with E-state index in [4.69, 9.17) is 9.47 Å². The zero-order valence-electron chi connectivity index (χ0n) is 13.2. The van der Waals surface area contributed by atoms with Gasteiger partial charge in [-0.25, -0.2) is 0 Å². The van der Waals surface area contributed by atoms with Crippen molar-refractivity contribution in [1.29, 1.82) is 0 Å². The van der Waals surface area contributed by atoms with Crippen molar-refractivity contribution in [2.45, 2.75) is 60.2 Å². The molecule has 2 heteroatoms. The molecule has 108 valence electrons. The van der Waals surface area contributed by atoms with Crippen molar-refractivity contribution in [2.24, 2.45) is 5.92 Å². The van der Waals surface area contributed by atoms with Gasteiger partial charge in [0, 0.05) is 0 Å². The minimum atomic E-state index is 0.130. The fraction of sp³-hybridized carbons (Fsp3) is 0.647. The van der Waals surface area contributed by atoms with Crippen molar-refractivity contribution >= 4 is 0 Å². The minimum absolute atomic E-state index is 0.130. The van der Waals surface area contributed by atoms with Crippen LogP contribution in [0.25, 0.3) is 0 Å². The Bertz CT molecular complexity index is 383. The van der Waals surface area contributed by atoms with Gasteiger partial charge in [0.2, 0.25) is 0 Å². The van der Waals surface area contributed by atoms with Crippen LogP contribution in [-0.2, 0) is 4.74 Å².